The molecule has 3 heterocycles. The number of aromatic hydroxyl groups is 1. The lowest BCUT2D eigenvalue weighted by Crippen LogP contribution is -2.29. The van der Waals surface area contributed by atoms with Crippen LogP contribution in [0.3, 0.4) is 0 Å². The Bertz CT molecular complexity index is 1210. The Hall–Kier alpha value is -3.45. The Labute approximate surface area is 178 Å². The van der Waals surface area contributed by atoms with Crippen LogP contribution in [0.15, 0.2) is 53.5 Å². The lowest BCUT2D eigenvalue weighted by molar-refractivity contribution is -0.114. The number of aliphatic imine (C=N–C) groups is 1. The molecular formula is C23H20N4O2S. The number of carbonyl (C=O) groups is 1. The number of rotatable bonds is 4. The zero-order valence-electron chi connectivity index (χ0n) is 16.4. The summed E-state index contributed by atoms with van der Waals surface area (Å²) < 4.78 is 0. The largest absolute Gasteiger partial charge is 0.492 e. The first-order valence-corrected chi connectivity index (χ1v) is 10.6. The second-order valence-electron chi connectivity index (χ2n) is 7.35. The number of anilines is 1. The van der Waals surface area contributed by atoms with Crippen LogP contribution in [0.4, 0.5) is 10.8 Å². The Kier molecular flexibility index (Phi) is 4.59. The molecule has 5 rings (SSSR count). The van der Waals surface area contributed by atoms with Crippen LogP contribution in [-0.2, 0) is 11.3 Å². The Balaban J connectivity index is 1.51. The maximum Gasteiger partial charge on any atom is 0.270 e. The van der Waals surface area contributed by atoms with E-state index in [1.807, 2.05) is 24.3 Å². The summed E-state index contributed by atoms with van der Waals surface area (Å²) in [5, 5.41) is 17.5. The van der Waals surface area contributed by atoms with Gasteiger partial charge in [-0.3, -0.25) is 4.79 Å². The van der Waals surface area contributed by atoms with E-state index in [0.717, 1.165) is 28.0 Å². The highest BCUT2D eigenvalue weighted by Gasteiger charge is 2.33. The number of aromatic nitrogens is 1. The summed E-state index contributed by atoms with van der Waals surface area (Å²) >= 11 is 1.40. The second kappa shape index (κ2) is 7.42. The van der Waals surface area contributed by atoms with Crippen molar-refractivity contribution in [3.8, 4) is 5.88 Å². The molecule has 0 spiro atoms. The predicted molar refractivity (Wildman–Crippen MR) is 120 cm³/mol. The lowest BCUT2D eigenvalue weighted by Gasteiger charge is -2.08. The van der Waals surface area contributed by atoms with Gasteiger partial charge in [-0.1, -0.05) is 59.4 Å². The van der Waals surface area contributed by atoms with E-state index in [2.05, 4.69) is 51.8 Å². The SMILES string of the molecule is Cc1ccc(CNc2nc(O)c(C3=C4C(=Nc5ccccc54)C(=O)NCC3)s2)cc1. The number of para-hydroxylation sites is 1. The summed E-state index contributed by atoms with van der Waals surface area (Å²) in [5.41, 5.74) is 6.15. The normalized spacial score (nSPS) is 15.2. The van der Waals surface area contributed by atoms with Crippen LogP contribution in [0.1, 0.15) is 28.0 Å². The first-order chi connectivity index (χ1) is 14.6. The van der Waals surface area contributed by atoms with Gasteiger partial charge in [-0.05, 0) is 30.5 Å². The number of fused-ring (bicyclic) bond motifs is 3. The van der Waals surface area contributed by atoms with Gasteiger partial charge in [-0.2, -0.15) is 4.98 Å². The van der Waals surface area contributed by atoms with E-state index >= 15 is 0 Å². The van der Waals surface area contributed by atoms with Gasteiger partial charge < -0.3 is 15.7 Å². The standard InChI is InChI=1S/C23H20N4O2S/c1-13-6-8-14(9-7-13)12-25-23-27-22(29)20(30-23)16-10-11-24-21(28)19-18(16)15-4-2-3-5-17(15)26-19/h2-9,29H,10-12H2,1H3,(H,24,28)(H,25,27). The molecule has 0 radical (unpaired) electrons. The topological polar surface area (TPSA) is 86.6 Å². The third-order valence-electron chi connectivity index (χ3n) is 5.27. The van der Waals surface area contributed by atoms with Crippen LogP contribution in [0.25, 0.3) is 11.1 Å². The molecule has 0 aliphatic carbocycles. The maximum atomic E-state index is 12.6. The minimum Gasteiger partial charge on any atom is -0.492 e. The smallest absolute Gasteiger partial charge is 0.270 e. The highest BCUT2D eigenvalue weighted by atomic mass is 32.1. The van der Waals surface area contributed by atoms with Gasteiger partial charge in [0.15, 0.2) is 5.13 Å². The van der Waals surface area contributed by atoms with Gasteiger partial charge >= 0.3 is 0 Å². The minimum atomic E-state index is -0.182. The Morgan fingerprint density at radius 2 is 1.97 bits per heavy atom. The molecule has 3 aromatic rings. The average molecular weight is 417 g/mol. The van der Waals surface area contributed by atoms with E-state index in [9.17, 15) is 9.90 Å². The monoisotopic (exact) mass is 416 g/mol. The molecule has 30 heavy (non-hydrogen) atoms. The molecule has 0 bridgehead atoms. The molecule has 6 nitrogen and oxygen atoms in total. The lowest BCUT2D eigenvalue weighted by atomic mass is 9.95. The molecule has 1 amide bonds. The van der Waals surface area contributed by atoms with Crippen LogP contribution in [0, 0.1) is 6.92 Å². The van der Waals surface area contributed by atoms with Crippen molar-refractivity contribution < 1.29 is 9.90 Å². The van der Waals surface area contributed by atoms with Crippen molar-refractivity contribution in [2.75, 3.05) is 11.9 Å². The van der Waals surface area contributed by atoms with Gasteiger partial charge in [0, 0.05) is 24.2 Å². The number of aryl methyl sites for hydroxylation is 1. The molecule has 2 aliphatic heterocycles. The fraction of sp³-hybridized carbons (Fsp3) is 0.174. The van der Waals surface area contributed by atoms with E-state index < -0.39 is 0 Å². The molecule has 0 fully saturated rings. The summed E-state index contributed by atoms with van der Waals surface area (Å²) in [6.07, 6.45) is 0.599. The van der Waals surface area contributed by atoms with Crippen molar-refractivity contribution >= 4 is 44.9 Å². The van der Waals surface area contributed by atoms with Crippen molar-refractivity contribution in [2.24, 2.45) is 4.99 Å². The average Bonchev–Trinajstić information content (AvgIpc) is 3.27. The molecule has 1 aromatic heterocycles. The summed E-state index contributed by atoms with van der Waals surface area (Å²) in [5.74, 6) is -0.204. The number of thiazole rings is 1. The molecule has 150 valence electrons. The Morgan fingerprint density at radius 1 is 1.17 bits per heavy atom. The highest BCUT2D eigenvalue weighted by Crippen LogP contribution is 2.45. The van der Waals surface area contributed by atoms with Crippen LogP contribution < -0.4 is 10.6 Å². The van der Waals surface area contributed by atoms with Gasteiger partial charge in [0.1, 0.15) is 5.71 Å². The van der Waals surface area contributed by atoms with Gasteiger partial charge in [0.05, 0.1) is 10.6 Å². The van der Waals surface area contributed by atoms with Crippen LogP contribution in [0.5, 0.6) is 5.88 Å². The van der Waals surface area contributed by atoms with Gasteiger partial charge in [0.25, 0.3) is 5.91 Å². The van der Waals surface area contributed by atoms with E-state index in [0.29, 0.717) is 35.2 Å². The van der Waals surface area contributed by atoms with E-state index in [4.69, 9.17) is 0 Å². The predicted octanol–water partition coefficient (Wildman–Crippen LogP) is 4.29. The maximum absolute atomic E-state index is 12.6. The first-order valence-electron chi connectivity index (χ1n) is 9.79. The fourth-order valence-electron chi connectivity index (χ4n) is 3.76. The van der Waals surface area contributed by atoms with E-state index in [1.165, 1.54) is 16.9 Å². The molecule has 7 heteroatoms. The van der Waals surface area contributed by atoms with Crippen LogP contribution >= 0.6 is 11.3 Å². The number of hydrogen-bond donors (Lipinski definition) is 3. The quantitative estimate of drug-likeness (QED) is 0.592. The van der Waals surface area contributed by atoms with Crippen molar-refractivity contribution in [3.63, 3.8) is 0 Å². The van der Waals surface area contributed by atoms with Crippen molar-refractivity contribution in [3.05, 3.63) is 70.1 Å². The summed E-state index contributed by atoms with van der Waals surface area (Å²) in [4.78, 5) is 22.1. The molecule has 2 aliphatic rings. The van der Waals surface area contributed by atoms with Crippen molar-refractivity contribution in [1.29, 1.82) is 0 Å². The zero-order chi connectivity index (χ0) is 20.7. The van der Waals surface area contributed by atoms with Crippen molar-refractivity contribution in [2.45, 2.75) is 19.9 Å². The first kappa shape index (κ1) is 18.6. The van der Waals surface area contributed by atoms with Gasteiger partial charge in [0.2, 0.25) is 5.88 Å². The molecule has 2 aromatic carbocycles. The molecule has 3 N–H and O–H groups in total. The van der Waals surface area contributed by atoms with E-state index in [-0.39, 0.29) is 11.8 Å². The molecule has 0 saturated heterocycles. The number of carbonyl (C=O) groups excluding carboxylic acids is 1. The number of benzene rings is 2. The zero-order valence-corrected chi connectivity index (χ0v) is 17.2. The van der Waals surface area contributed by atoms with Crippen LogP contribution in [0.2, 0.25) is 0 Å². The number of nitrogens with zero attached hydrogens (tertiary/aromatic N) is 2. The molecule has 0 saturated carbocycles. The van der Waals surface area contributed by atoms with Crippen molar-refractivity contribution in [1.82, 2.24) is 10.3 Å². The fourth-order valence-corrected chi connectivity index (χ4v) is 4.69. The molecule has 0 atom stereocenters. The highest BCUT2D eigenvalue weighted by molar-refractivity contribution is 7.17. The van der Waals surface area contributed by atoms with E-state index in [1.54, 1.807) is 0 Å². The molecular weight excluding hydrogens is 396 g/mol. The second-order valence-corrected chi connectivity index (χ2v) is 8.35. The number of amides is 1. The number of hydrogen-bond acceptors (Lipinski definition) is 6. The third kappa shape index (κ3) is 3.27. The number of nitrogens with one attached hydrogen (secondary N) is 2. The van der Waals surface area contributed by atoms with Gasteiger partial charge in [-0.25, -0.2) is 4.99 Å². The molecule has 0 unspecified atom stereocenters. The van der Waals surface area contributed by atoms with Crippen LogP contribution in [-0.4, -0.2) is 28.3 Å². The van der Waals surface area contributed by atoms with Gasteiger partial charge in [-0.15, -0.1) is 0 Å². The third-order valence-corrected chi connectivity index (χ3v) is 6.33. The summed E-state index contributed by atoms with van der Waals surface area (Å²) in [6.45, 7) is 3.17. The summed E-state index contributed by atoms with van der Waals surface area (Å²) in [7, 11) is 0. The summed E-state index contributed by atoms with van der Waals surface area (Å²) in [6, 6.07) is 16.0. The Morgan fingerprint density at radius 3 is 2.80 bits per heavy atom. The minimum absolute atomic E-state index is 0.0213.